The fourth-order valence-corrected chi connectivity index (χ4v) is 0. The molecule has 0 fully saturated rings. The Labute approximate surface area is 62.8 Å². The predicted octanol–water partition coefficient (Wildman–Crippen LogP) is 0.728. The van der Waals surface area contributed by atoms with E-state index in [9.17, 15) is 0 Å². The molecule has 0 saturated carbocycles. The molecule has 0 aromatic rings. The highest BCUT2D eigenvalue weighted by Gasteiger charge is 1.55. The van der Waals surface area contributed by atoms with Gasteiger partial charge in [-0.3, -0.25) is 10.5 Å². The van der Waals surface area contributed by atoms with Crippen LogP contribution in [0.1, 0.15) is 26.7 Å². The number of rotatable bonds is 2. The highest BCUT2D eigenvalue weighted by atomic mass is 17.0. The van der Waals surface area contributed by atoms with Crippen molar-refractivity contribution in [3.8, 4) is 0 Å². The van der Waals surface area contributed by atoms with Gasteiger partial charge in [0.1, 0.15) is 0 Å². The maximum absolute atomic E-state index is 6.00. The van der Waals surface area contributed by atoms with Gasteiger partial charge in [-0.2, -0.15) is 0 Å². The SMILES string of the molecule is CCCN.CCCN.OO. The van der Waals surface area contributed by atoms with Crippen molar-refractivity contribution in [2.45, 2.75) is 26.7 Å². The van der Waals surface area contributed by atoms with Crippen LogP contribution in [0.25, 0.3) is 0 Å². The van der Waals surface area contributed by atoms with E-state index in [0.717, 1.165) is 25.9 Å². The first-order valence-electron chi connectivity index (χ1n) is 3.43. The standard InChI is InChI=1S/2C3H9N.H2O2/c2*1-2-3-4;1-2/h2*2-4H2,1H3;1-2H. The minimum absolute atomic E-state index is 0.819. The number of hydrogen-bond donors (Lipinski definition) is 4. The quantitative estimate of drug-likeness (QED) is 0.346. The third-order valence-corrected chi connectivity index (χ3v) is 0.577. The summed E-state index contributed by atoms with van der Waals surface area (Å²) in [7, 11) is 0. The first-order chi connectivity index (χ1) is 4.83. The van der Waals surface area contributed by atoms with Crippen molar-refractivity contribution in [2.24, 2.45) is 11.5 Å². The lowest BCUT2D eigenvalue weighted by Gasteiger charge is -1.70. The maximum atomic E-state index is 6.00. The second kappa shape index (κ2) is 36.8. The van der Waals surface area contributed by atoms with Gasteiger partial charge in [0, 0.05) is 0 Å². The van der Waals surface area contributed by atoms with Gasteiger partial charge < -0.3 is 11.5 Å². The van der Waals surface area contributed by atoms with E-state index < -0.39 is 0 Å². The third-order valence-electron chi connectivity index (χ3n) is 0.577. The molecule has 0 spiro atoms. The van der Waals surface area contributed by atoms with Gasteiger partial charge in [0.05, 0.1) is 0 Å². The van der Waals surface area contributed by atoms with Crippen LogP contribution in [0.2, 0.25) is 0 Å². The molecule has 0 radical (unpaired) electrons. The molecule has 0 heterocycles. The van der Waals surface area contributed by atoms with Crippen molar-refractivity contribution >= 4 is 0 Å². The van der Waals surface area contributed by atoms with Gasteiger partial charge in [-0.1, -0.05) is 13.8 Å². The summed E-state index contributed by atoms with van der Waals surface area (Å²) in [4.78, 5) is 0. The Morgan fingerprint density at radius 3 is 1.00 bits per heavy atom. The molecule has 0 atom stereocenters. The molecule has 0 unspecified atom stereocenters. The van der Waals surface area contributed by atoms with Crippen molar-refractivity contribution in [1.29, 1.82) is 0 Å². The lowest BCUT2D eigenvalue weighted by atomic mass is 10.5. The highest BCUT2D eigenvalue weighted by Crippen LogP contribution is 1.57. The van der Waals surface area contributed by atoms with Crippen LogP contribution in [-0.4, -0.2) is 23.6 Å². The van der Waals surface area contributed by atoms with Gasteiger partial charge in [0.15, 0.2) is 0 Å². The van der Waals surface area contributed by atoms with Crippen molar-refractivity contribution in [2.75, 3.05) is 13.1 Å². The highest BCUT2D eigenvalue weighted by molar-refractivity contribution is 4.19. The molecule has 6 N–H and O–H groups in total. The van der Waals surface area contributed by atoms with E-state index in [0.29, 0.717) is 0 Å². The summed E-state index contributed by atoms with van der Waals surface area (Å²) < 4.78 is 0. The Hall–Kier alpha value is -0.160. The smallest absolute Gasteiger partial charge is 0.00799 e. The van der Waals surface area contributed by atoms with E-state index >= 15 is 0 Å². The van der Waals surface area contributed by atoms with Crippen LogP contribution in [0.3, 0.4) is 0 Å². The summed E-state index contributed by atoms with van der Waals surface area (Å²) >= 11 is 0. The van der Waals surface area contributed by atoms with Crippen LogP contribution in [0.4, 0.5) is 0 Å². The zero-order valence-corrected chi connectivity index (χ0v) is 6.88. The molecule has 4 nitrogen and oxygen atoms in total. The minimum Gasteiger partial charge on any atom is -0.330 e. The summed E-state index contributed by atoms with van der Waals surface area (Å²) in [5.41, 5.74) is 10.1. The zero-order chi connectivity index (χ0) is 8.83. The van der Waals surface area contributed by atoms with Gasteiger partial charge >= 0.3 is 0 Å². The molecular formula is C6H20N2O2. The predicted molar refractivity (Wildman–Crippen MR) is 43.9 cm³/mol. The number of hydrogen-bond acceptors (Lipinski definition) is 4. The van der Waals surface area contributed by atoms with Gasteiger partial charge in [-0.15, -0.1) is 0 Å². The van der Waals surface area contributed by atoms with Crippen LogP contribution in [-0.2, 0) is 0 Å². The Morgan fingerprint density at radius 2 is 1.00 bits per heavy atom. The molecule has 10 heavy (non-hydrogen) atoms. The van der Waals surface area contributed by atoms with Crippen LogP contribution in [0.5, 0.6) is 0 Å². The molecule has 4 heteroatoms. The molecule has 0 aromatic carbocycles. The molecule has 0 aliphatic carbocycles. The van der Waals surface area contributed by atoms with Gasteiger partial charge in [0.2, 0.25) is 0 Å². The van der Waals surface area contributed by atoms with Gasteiger partial charge in [-0.25, -0.2) is 0 Å². The Bertz CT molecular complexity index is 21.7. The third kappa shape index (κ3) is 108. The van der Waals surface area contributed by atoms with Crippen molar-refractivity contribution in [3.05, 3.63) is 0 Å². The molecule has 66 valence electrons. The largest absolute Gasteiger partial charge is 0.330 e. The summed E-state index contributed by atoms with van der Waals surface area (Å²) in [6.45, 7) is 5.75. The van der Waals surface area contributed by atoms with Crippen molar-refractivity contribution < 1.29 is 10.5 Å². The molecule has 0 aliphatic heterocycles. The Kier molecular flexibility index (Phi) is 60.6. The molecule has 0 amide bonds. The lowest BCUT2D eigenvalue weighted by molar-refractivity contribution is -0.176. The van der Waals surface area contributed by atoms with E-state index in [4.69, 9.17) is 22.0 Å². The fourth-order valence-electron chi connectivity index (χ4n) is 0. The lowest BCUT2D eigenvalue weighted by Crippen LogP contribution is -1.93. The minimum atomic E-state index is 0.819. The molecule has 0 saturated heterocycles. The van der Waals surface area contributed by atoms with Crippen LogP contribution in [0, 0.1) is 0 Å². The second-order valence-electron chi connectivity index (χ2n) is 1.58. The van der Waals surface area contributed by atoms with Gasteiger partial charge in [-0.05, 0) is 25.9 Å². The number of nitrogens with two attached hydrogens (primary N) is 2. The molecule has 0 rings (SSSR count). The van der Waals surface area contributed by atoms with Crippen LogP contribution in [0.15, 0.2) is 0 Å². The zero-order valence-electron chi connectivity index (χ0n) is 6.88. The summed E-state index contributed by atoms with van der Waals surface area (Å²) in [5, 5.41) is 12.0. The first kappa shape index (κ1) is 16.4. The van der Waals surface area contributed by atoms with Gasteiger partial charge in [0.25, 0.3) is 0 Å². The first-order valence-corrected chi connectivity index (χ1v) is 3.43. The second-order valence-corrected chi connectivity index (χ2v) is 1.58. The van der Waals surface area contributed by atoms with Crippen molar-refractivity contribution in [3.63, 3.8) is 0 Å². The Morgan fingerprint density at radius 1 is 0.900 bits per heavy atom. The summed E-state index contributed by atoms with van der Waals surface area (Å²) in [6, 6.07) is 0. The van der Waals surface area contributed by atoms with E-state index in [-0.39, 0.29) is 0 Å². The summed E-state index contributed by atoms with van der Waals surface area (Å²) in [6.07, 6.45) is 2.19. The average molecular weight is 152 g/mol. The maximum Gasteiger partial charge on any atom is -0.00799 e. The Balaban J connectivity index is -0.0000000787. The summed E-state index contributed by atoms with van der Waals surface area (Å²) in [5.74, 6) is 0. The topological polar surface area (TPSA) is 92.5 Å². The molecule has 0 bridgehead atoms. The van der Waals surface area contributed by atoms with E-state index in [1.165, 1.54) is 0 Å². The molecular weight excluding hydrogens is 132 g/mol. The van der Waals surface area contributed by atoms with Crippen LogP contribution >= 0.6 is 0 Å². The fraction of sp³-hybridized carbons (Fsp3) is 1.00. The normalized spacial score (nSPS) is 6.60. The van der Waals surface area contributed by atoms with E-state index in [2.05, 4.69) is 13.8 Å². The molecule has 0 aliphatic rings. The average Bonchev–Trinajstić information content (AvgIpc) is 2.08. The van der Waals surface area contributed by atoms with E-state index in [1.807, 2.05) is 0 Å². The molecule has 0 aromatic heterocycles. The van der Waals surface area contributed by atoms with E-state index in [1.54, 1.807) is 0 Å². The van der Waals surface area contributed by atoms with Crippen LogP contribution < -0.4 is 11.5 Å². The monoisotopic (exact) mass is 152 g/mol. The van der Waals surface area contributed by atoms with Crippen molar-refractivity contribution in [1.82, 2.24) is 0 Å².